The number of rotatable bonds is 5. The van der Waals surface area contributed by atoms with Crippen molar-refractivity contribution < 1.29 is 5.11 Å². The van der Waals surface area contributed by atoms with E-state index in [-0.39, 0.29) is 6.61 Å². The van der Waals surface area contributed by atoms with Crippen LogP contribution in [0.5, 0.6) is 0 Å². The quantitative estimate of drug-likeness (QED) is 0.791. The molecule has 3 N–H and O–H groups in total. The van der Waals surface area contributed by atoms with Gasteiger partial charge in [-0.05, 0) is 37.6 Å². The van der Waals surface area contributed by atoms with E-state index in [1.165, 1.54) is 0 Å². The zero-order valence-electron chi connectivity index (χ0n) is 10.6. The van der Waals surface area contributed by atoms with E-state index in [0.29, 0.717) is 0 Å². The smallest absolute Gasteiger partial charge is 0.0724 e. The average Bonchev–Trinajstić information content (AvgIpc) is 2.42. The van der Waals surface area contributed by atoms with E-state index in [2.05, 4.69) is 16.8 Å². The van der Waals surface area contributed by atoms with E-state index in [1.54, 1.807) is 6.20 Å². The normalized spacial score (nSPS) is 10.8. The highest BCUT2D eigenvalue weighted by Crippen LogP contribution is 2.30. The summed E-state index contributed by atoms with van der Waals surface area (Å²) in [5.74, 6) is 0. The molecule has 1 heterocycles. The van der Waals surface area contributed by atoms with E-state index in [9.17, 15) is 0 Å². The number of benzene rings is 1. The molecule has 0 bridgehead atoms. The first-order valence-electron chi connectivity index (χ1n) is 6.27. The van der Waals surface area contributed by atoms with Crippen molar-refractivity contribution in [2.45, 2.75) is 13.3 Å². The van der Waals surface area contributed by atoms with Crippen LogP contribution >= 0.6 is 0 Å². The summed E-state index contributed by atoms with van der Waals surface area (Å²) >= 11 is 0. The summed E-state index contributed by atoms with van der Waals surface area (Å²) in [6.07, 6.45) is 2.52. The Morgan fingerprint density at radius 1 is 1.33 bits per heavy atom. The Bertz CT molecular complexity index is 527. The molecule has 1 aromatic heterocycles. The highest BCUT2D eigenvalue weighted by molar-refractivity contribution is 5.97. The molecular formula is C14H19N3O. The molecule has 0 atom stereocenters. The largest absolute Gasteiger partial charge is 0.396 e. The van der Waals surface area contributed by atoms with Crippen LogP contribution in [0.25, 0.3) is 10.9 Å². The first-order valence-corrected chi connectivity index (χ1v) is 6.27. The van der Waals surface area contributed by atoms with E-state index in [1.807, 2.05) is 24.3 Å². The van der Waals surface area contributed by atoms with Gasteiger partial charge in [-0.25, -0.2) is 0 Å². The maximum Gasteiger partial charge on any atom is 0.0724 e. The van der Waals surface area contributed by atoms with Crippen LogP contribution < -0.4 is 10.6 Å². The minimum atomic E-state index is 0.200. The molecule has 4 heteroatoms. The number of fused-ring (bicyclic) bond motifs is 1. The van der Waals surface area contributed by atoms with E-state index in [4.69, 9.17) is 10.8 Å². The lowest BCUT2D eigenvalue weighted by molar-refractivity contribution is 0.289. The SMILES string of the molecule is CCN(CCCO)c1ccc2ncccc2c1N. The Balaban J connectivity index is 2.40. The number of hydrogen-bond donors (Lipinski definition) is 2. The molecule has 0 unspecified atom stereocenters. The van der Waals surface area contributed by atoms with Crippen molar-refractivity contribution in [1.82, 2.24) is 4.98 Å². The van der Waals surface area contributed by atoms with Crippen molar-refractivity contribution >= 4 is 22.3 Å². The van der Waals surface area contributed by atoms with Crippen molar-refractivity contribution in [3.05, 3.63) is 30.5 Å². The summed E-state index contributed by atoms with van der Waals surface area (Å²) < 4.78 is 0. The Morgan fingerprint density at radius 3 is 2.89 bits per heavy atom. The van der Waals surface area contributed by atoms with Gasteiger partial charge in [-0.1, -0.05) is 0 Å². The van der Waals surface area contributed by atoms with Crippen molar-refractivity contribution in [3.8, 4) is 0 Å². The molecule has 0 fully saturated rings. The first-order chi connectivity index (χ1) is 8.77. The van der Waals surface area contributed by atoms with Gasteiger partial charge < -0.3 is 15.7 Å². The standard InChI is InChI=1S/C14H19N3O/c1-2-17(9-4-10-18)13-7-6-12-11(14(13)15)5-3-8-16-12/h3,5-8,18H,2,4,9-10,15H2,1H3. The predicted octanol–water partition coefficient (Wildman–Crippen LogP) is 2.03. The lowest BCUT2D eigenvalue weighted by atomic mass is 10.1. The van der Waals surface area contributed by atoms with Gasteiger partial charge in [0.05, 0.1) is 16.9 Å². The Hall–Kier alpha value is -1.81. The monoisotopic (exact) mass is 245 g/mol. The zero-order valence-corrected chi connectivity index (χ0v) is 10.6. The van der Waals surface area contributed by atoms with Crippen molar-refractivity contribution in [2.75, 3.05) is 30.3 Å². The van der Waals surface area contributed by atoms with Crippen molar-refractivity contribution in [1.29, 1.82) is 0 Å². The van der Waals surface area contributed by atoms with Gasteiger partial charge in [-0.3, -0.25) is 4.98 Å². The van der Waals surface area contributed by atoms with Crippen LogP contribution in [0.4, 0.5) is 11.4 Å². The fraction of sp³-hybridized carbons (Fsp3) is 0.357. The number of aliphatic hydroxyl groups excluding tert-OH is 1. The molecule has 0 saturated carbocycles. The van der Waals surface area contributed by atoms with Gasteiger partial charge in [0.15, 0.2) is 0 Å². The molecule has 2 aromatic rings. The number of hydrogen-bond acceptors (Lipinski definition) is 4. The van der Waals surface area contributed by atoms with Crippen molar-refractivity contribution in [2.24, 2.45) is 0 Å². The minimum absolute atomic E-state index is 0.200. The summed E-state index contributed by atoms with van der Waals surface area (Å²) in [7, 11) is 0. The number of nitrogens with zero attached hydrogens (tertiary/aromatic N) is 2. The molecule has 96 valence electrons. The molecule has 1 aromatic carbocycles. The molecule has 0 aliphatic carbocycles. The third-order valence-corrected chi connectivity index (χ3v) is 3.11. The van der Waals surface area contributed by atoms with Gasteiger partial charge in [0.2, 0.25) is 0 Å². The Kier molecular flexibility index (Phi) is 3.99. The molecule has 0 radical (unpaired) electrons. The average molecular weight is 245 g/mol. The number of aromatic nitrogens is 1. The van der Waals surface area contributed by atoms with Crippen LogP contribution in [0.2, 0.25) is 0 Å². The highest BCUT2D eigenvalue weighted by Gasteiger charge is 2.10. The maximum absolute atomic E-state index is 8.93. The summed E-state index contributed by atoms with van der Waals surface area (Å²) in [6, 6.07) is 7.88. The molecule has 0 aliphatic rings. The van der Waals surface area contributed by atoms with Gasteiger partial charge in [0.1, 0.15) is 0 Å². The highest BCUT2D eigenvalue weighted by atomic mass is 16.3. The van der Waals surface area contributed by atoms with Crippen LogP contribution in [0.15, 0.2) is 30.5 Å². The molecule has 0 saturated heterocycles. The van der Waals surface area contributed by atoms with Crippen LogP contribution in [-0.2, 0) is 0 Å². The second-order valence-electron chi connectivity index (χ2n) is 4.23. The lowest BCUT2D eigenvalue weighted by Gasteiger charge is -2.24. The number of nitrogen functional groups attached to an aromatic ring is 1. The summed E-state index contributed by atoms with van der Waals surface area (Å²) in [5, 5.41) is 9.91. The fourth-order valence-electron chi connectivity index (χ4n) is 2.15. The van der Waals surface area contributed by atoms with Gasteiger partial charge in [-0.15, -0.1) is 0 Å². The Morgan fingerprint density at radius 2 is 2.17 bits per heavy atom. The molecular weight excluding hydrogens is 226 g/mol. The summed E-state index contributed by atoms with van der Waals surface area (Å²) in [4.78, 5) is 6.47. The topological polar surface area (TPSA) is 62.4 Å². The molecule has 2 rings (SSSR count). The second-order valence-corrected chi connectivity index (χ2v) is 4.23. The summed E-state index contributed by atoms with van der Waals surface area (Å²) in [6.45, 7) is 3.97. The second kappa shape index (κ2) is 5.69. The first kappa shape index (κ1) is 12.6. The van der Waals surface area contributed by atoms with Gasteiger partial charge in [0, 0.05) is 31.3 Å². The van der Waals surface area contributed by atoms with Crippen LogP contribution in [-0.4, -0.2) is 29.8 Å². The number of aliphatic hydroxyl groups is 1. The predicted molar refractivity (Wildman–Crippen MR) is 75.7 cm³/mol. The fourth-order valence-corrected chi connectivity index (χ4v) is 2.15. The van der Waals surface area contributed by atoms with E-state index in [0.717, 1.165) is 41.8 Å². The van der Waals surface area contributed by atoms with E-state index < -0.39 is 0 Å². The van der Waals surface area contributed by atoms with Crippen LogP contribution in [0.1, 0.15) is 13.3 Å². The zero-order chi connectivity index (χ0) is 13.0. The van der Waals surface area contributed by atoms with E-state index >= 15 is 0 Å². The van der Waals surface area contributed by atoms with Gasteiger partial charge in [0.25, 0.3) is 0 Å². The minimum Gasteiger partial charge on any atom is -0.396 e. The van der Waals surface area contributed by atoms with Crippen molar-refractivity contribution in [3.63, 3.8) is 0 Å². The van der Waals surface area contributed by atoms with Crippen LogP contribution in [0.3, 0.4) is 0 Å². The van der Waals surface area contributed by atoms with Gasteiger partial charge >= 0.3 is 0 Å². The third-order valence-electron chi connectivity index (χ3n) is 3.11. The number of nitrogens with two attached hydrogens (primary N) is 1. The lowest BCUT2D eigenvalue weighted by Crippen LogP contribution is -2.25. The molecule has 0 amide bonds. The molecule has 0 aliphatic heterocycles. The Labute approximate surface area is 107 Å². The maximum atomic E-state index is 8.93. The molecule has 4 nitrogen and oxygen atoms in total. The molecule has 0 spiro atoms. The number of pyridine rings is 1. The summed E-state index contributed by atoms with van der Waals surface area (Å²) in [5.41, 5.74) is 8.92. The van der Waals surface area contributed by atoms with Gasteiger partial charge in [-0.2, -0.15) is 0 Å². The third kappa shape index (κ3) is 2.38. The van der Waals surface area contributed by atoms with Crippen LogP contribution in [0, 0.1) is 0 Å². The molecule has 18 heavy (non-hydrogen) atoms. The number of anilines is 2.